The van der Waals surface area contributed by atoms with Gasteiger partial charge >= 0.3 is 5.97 Å². The van der Waals surface area contributed by atoms with Crippen molar-refractivity contribution in [1.82, 2.24) is 4.57 Å². The Morgan fingerprint density at radius 2 is 1.76 bits per heavy atom. The Kier molecular flexibility index (Phi) is 6.70. The van der Waals surface area contributed by atoms with Crippen LogP contribution in [0.15, 0.2) is 78.9 Å². The largest absolute Gasteiger partial charge is 0.488 e. The van der Waals surface area contributed by atoms with Crippen LogP contribution in [-0.2, 0) is 16.6 Å². The summed E-state index contributed by atoms with van der Waals surface area (Å²) in [5.74, 6) is -0.483. The number of nitrogens with zero attached hydrogens (tertiary/aromatic N) is 2. The summed E-state index contributed by atoms with van der Waals surface area (Å²) in [5.41, 5.74) is 4.18. The summed E-state index contributed by atoms with van der Waals surface area (Å²) in [5, 5.41) is 10.3. The number of hydrogen-bond donors (Lipinski definition) is 1. The lowest BCUT2D eigenvalue weighted by atomic mass is 10.1. The van der Waals surface area contributed by atoms with Gasteiger partial charge in [0.25, 0.3) is 0 Å². The van der Waals surface area contributed by atoms with Gasteiger partial charge in [0.15, 0.2) is 0 Å². The fraction of sp³-hybridized carbons (Fsp3) is 0.179. The Bertz CT molecular complexity index is 1580. The van der Waals surface area contributed by atoms with Crippen LogP contribution >= 0.6 is 11.6 Å². The van der Waals surface area contributed by atoms with Gasteiger partial charge in [-0.3, -0.25) is 4.31 Å². The molecule has 1 N–H and O–H groups in total. The summed E-state index contributed by atoms with van der Waals surface area (Å²) in [6, 6.07) is 23.7. The van der Waals surface area contributed by atoms with Crippen molar-refractivity contribution in [2.45, 2.75) is 20.0 Å². The van der Waals surface area contributed by atoms with Crippen molar-refractivity contribution in [3.63, 3.8) is 0 Å². The van der Waals surface area contributed by atoms with Crippen molar-refractivity contribution in [3.8, 4) is 22.7 Å². The lowest BCUT2D eigenvalue weighted by Gasteiger charge is -2.21. The number of carboxylic acid groups (broad SMARTS) is 1. The first-order valence-corrected chi connectivity index (χ1v) is 13.8. The first-order valence-electron chi connectivity index (χ1n) is 11.8. The number of carboxylic acids is 1. The number of aryl methyl sites for hydroxylation is 1. The highest BCUT2D eigenvalue weighted by molar-refractivity contribution is 7.93. The Morgan fingerprint density at radius 1 is 1.00 bits per heavy atom. The lowest BCUT2D eigenvalue weighted by molar-refractivity contribution is 0.0697. The van der Waals surface area contributed by atoms with Gasteiger partial charge in [0, 0.05) is 28.5 Å². The zero-order valence-corrected chi connectivity index (χ0v) is 21.7. The van der Waals surface area contributed by atoms with Gasteiger partial charge in [0.05, 0.1) is 22.7 Å². The molecular weight excluding hydrogens is 512 g/mol. The molecule has 4 aromatic rings. The molecule has 0 saturated carbocycles. The van der Waals surface area contributed by atoms with Gasteiger partial charge in [-0.2, -0.15) is 0 Å². The van der Waals surface area contributed by atoms with Gasteiger partial charge < -0.3 is 14.4 Å². The van der Waals surface area contributed by atoms with Crippen molar-refractivity contribution < 1.29 is 23.1 Å². The van der Waals surface area contributed by atoms with Gasteiger partial charge in [-0.25, -0.2) is 13.2 Å². The predicted octanol–water partition coefficient (Wildman–Crippen LogP) is 5.92. The molecule has 0 amide bonds. The lowest BCUT2D eigenvalue weighted by Crippen LogP contribution is -2.25. The van der Waals surface area contributed by atoms with E-state index in [1.165, 1.54) is 10.4 Å². The minimum Gasteiger partial charge on any atom is -0.488 e. The molecule has 9 heteroatoms. The molecule has 5 rings (SSSR count). The molecule has 0 atom stereocenters. The van der Waals surface area contributed by atoms with Crippen LogP contribution in [0.25, 0.3) is 16.9 Å². The maximum absolute atomic E-state index is 12.6. The molecule has 0 radical (unpaired) electrons. The molecule has 7 nitrogen and oxygen atoms in total. The van der Waals surface area contributed by atoms with E-state index >= 15 is 0 Å². The normalized spacial score (nSPS) is 14.6. The van der Waals surface area contributed by atoms with Crippen LogP contribution in [0.5, 0.6) is 5.75 Å². The molecule has 3 aromatic carbocycles. The molecule has 1 aromatic heterocycles. The van der Waals surface area contributed by atoms with E-state index in [2.05, 4.69) is 0 Å². The number of rotatable bonds is 7. The smallest absolute Gasteiger partial charge is 0.335 e. The van der Waals surface area contributed by atoms with Crippen molar-refractivity contribution in [2.75, 3.05) is 16.6 Å². The average Bonchev–Trinajstić information content (AvgIpc) is 3.44. The van der Waals surface area contributed by atoms with Gasteiger partial charge in [-0.15, -0.1) is 0 Å². The van der Waals surface area contributed by atoms with E-state index in [9.17, 15) is 18.3 Å². The zero-order valence-electron chi connectivity index (χ0n) is 20.1. The second-order valence-corrected chi connectivity index (χ2v) is 11.3. The van der Waals surface area contributed by atoms with Gasteiger partial charge in [-0.05, 0) is 67.4 Å². The SMILES string of the molecule is Cc1ccc(-c2cc(Cl)ccc2OCc2ccccc2)n1-c1cc(C(=O)O)cc(N2CCCS2(=O)=O)c1. The molecule has 2 heterocycles. The fourth-order valence-corrected chi connectivity index (χ4v) is 6.30. The molecule has 0 spiro atoms. The second kappa shape index (κ2) is 9.95. The fourth-order valence-electron chi connectivity index (χ4n) is 4.58. The van der Waals surface area contributed by atoms with E-state index in [4.69, 9.17) is 16.3 Å². The van der Waals surface area contributed by atoms with Crippen LogP contribution in [0, 0.1) is 6.92 Å². The molecule has 190 valence electrons. The maximum Gasteiger partial charge on any atom is 0.335 e. The summed E-state index contributed by atoms with van der Waals surface area (Å²) >= 11 is 6.38. The number of ether oxygens (including phenoxy) is 1. The van der Waals surface area contributed by atoms with Crippen molar-refractivity contribution in [1.29, 1.82) is 0 Å². The number of aromatic carboxylic acids is 1. The highest BCUT2D eigenvalue weighted by Crippen LogP contribution is 2.37. The number of carbonyl (C=O) groups is 1. The predicted molar refractivity (Wildman–Crippen MR) is 144 cm³/mol. The molecule has 0 unspecified atom stereocenters. The van der Waals surface area contributed by atoms with Crippen LogP contribution in [0.4, 0.5) is 5.69 Å². The molecule has 1 fully saturated rings. The molecule has 1 aliphatic heterocycles. The van der Waals surface area contributed by atoms with E-state index in [0.29, 0.717) is 41.7 Å². The Hall–Kier alpha value is -3.75. The zero-order chi connectivity index (χ0) is 26.2. The Labute approximate surface area is 220 Å². The summed E-state index contributed by atoms with van der Waals surface area (Å²) < 4.78 is 34.6. The van der Waals surface area contributed by atoms with E-state index < -0.39 is 16.0 Å². The topological polar surface area (TPSA) is 88.8 Å². The third-order valence-corrected chi connectivity index (χ3v) is 8.43. The number of sulfonamides is 1. The van der Waals surface area contributed by atoms with E-state index in [-0.39, 0.29) is 11.3 Å². The third kappa shape index (κ3) is 5.08. The summed E-state index contributed by atoms with van der Waals surface area (Å²) in [6.07, 6.45) is 0.493. The molecule has 1 saturated heterocycles. The minimum absolute atomic E-state index is 0.000273. The summed E-state index contributed by atoms with van der Waals surface area (Å²) in [6.45, 7) is 2.58. The first kappa shape index (κ1) is 24.9. The first-order chi connectivity index (χ1) is 17.7. The van der Waals surface area contributed by atoms with Crippen molar-refractivity contribution >= 4 is 33.3 Å². The van der Waals surface area contributed by atoms with Gasteiger partial charge in [0.1, 0.15) is 12.4 Å². The van der Waals surface area contributed by atoms with E-state index in [1.54, 1.807) is 24.3 Å². The van der Waals surface area contributed by atoms with Crippen LogP contribution in [0.2, 0.25) is 5.02 Å². The minimum atomic E-state index is -3.49. The number of benzene rings is 3. The summed E-state index contributed by atoms with van der Waals surface area (Å²) in [4.78, 5) is 12.0. The van der Waals surface area contributed by atoms with Crippen molar-refractivity contribution in [2.24, 2.45) is 0 Å². The molecule has 0 bridgehead atoms. The number of halogens is 1. The van der Waals surface area contributed by atoms with Crippen LogP contribution in [-0.4, -0.2) is 36.4 Å². The third-order valence-electron chi connectivity index (χ3n) is 6.33. The van der Waals surface area contributed by atoms with E-state index in [1.807, 2.05) is 60.0 Å². The second-order valence-electron chi connectivity index (χ2n) is 8.90. The number of hydrogen-bond acceptors (Lipinski definition) is 4. The summed E-state index contributed by atoms with van der Waals surface area (Å²) in [7, 11) is -3.49. The quantitative estimate of drug-likeness (QED) is 0.316. The number of aromatic nitrogens is 1. The maximum atomic E-state index is 12.6. The number of anilines is 1. The average molecular weight is 537 g/mol. The van der Waals surface area contributed by atoms with Gasteiger partial charge in [0.2, 0.25) is 10.0 Å². The molecule has 37 heavy (non-hydrogen) atoms. The Morgan fingerprint density at radius 3 is 2.46 bits per heavy atom. The Balaban J connectivity index is 1.62. The van der Waals surface area contributed by atoms with Crippen LogP contribution in [0.1, 0.15) is 28.0 Å². The highest BCUT2D eigenvalue weighted by atomic mass is 35.5. The monoisotopic (exact) mass is 536 g/mol. The van der Waals surface area contributed by atoms with E-state index in [0.717, 1.165) is 22.5 Å². The molecular formula is C28H25ClN2O5S. The standard InChI is InChI=1S/C28H25ClN2O5S/c1-19-8-10-26(25-16-22(29)9-11-27(25)36-18-20-6-3-2-4-7-20)31(19)24-15-21(28(32)33)14-23(17-24)30-12-5-13-37(30,34)35/h2-4,6-11,14-17H,5,12-13,18H2,1H3,(H,32,33). The van der Waals surface area contributed by atoms with Crippen molar-refractivity contribution in [3.05, 3.63) is 101 Å². The van der Waals surface area contributed by atoms with Gasteiger partial charge in [-0.1, -0.05) is 41.9 Å². The molecule has 1 aliphatic rings. The van der Waals surface area contributed by atoms with Crippen LogP contribution < -0.4 is 9.04 Å². The van der Waals surface area contributed by atoms with Crippen LogP contribution in [0.3, 0.4) is 0 Å². The molecule has 0 aliphatic carbocycles. The highest BCUT2D eigenvalue weighted by Gasteiger charge is 2.29.